The number of hydrogen-bond donors (Lipinski definition) is 0. The van der Waals surface area contributed by atoms with Gasteiger partial charge in [-0.2, -0.15) is 0 Å². The molecule has 0 saturated carbocycles. The third kappa shape index (κ3) is 3.72. The van der Waals surface area contributed by atoms with E-state index in [9.17, 15) is 0 Å². The summed E-state index contributed by atoms with van der Waals surface area (Å²) in [5.41, 5.74) is 5.39. The van der Waals surface area contributed by atoms with Gasteiger partial charge < -0.3 is 4.74 Å². The highest BCUT2D eigenvalue weighted by Gasteiger charge is 2.10. The summed E-state index contributed by atoms with van der Waals surface area (Å²) in [6, 6.07) is 24.6. The lowest BCUT2D eigenvalue weighted by Gasteiger charge is -2.13. The first-order valence-corrected chi connectivity index (χ1v) is 8.20. The highest BCUT2D eigenvalue weighted by atomic mass is 16.5. The molecule has 0 heterocycles. The van der Waals surface area contributed by atoms with Crippen molar-refractivity contribution in [3.8, 4) is 16.9 Å². The van der Waals surface area contributed by atoms with E-state index in [1.807, 2.05) is 55.6 Å². The van der Waals surface area contributed by atoms with E-state index in [4.69, 9.17) is 4.74 Å². The van der Waals surface area contributed by atoms with Crippen molar-refractivity contribution >= 4 is 11.9 Å². The molecule has 0 aliphatic rings. The lowest BCUT2D eigenvalue weighted by Crippen LogP contribution is -1.98. The van der Waals surface area contributed by atoms with Crippen molar-refractivity contribution in [1.82, 2.24) is 0 Å². The lowest BCUT2D eigenvalue weighted by molar-refractivity contribution is 0.341. The SMILES string of the molecule is CCOc1c(C=Nc2ccc(C)cc2)cccc1-c1ccccc1. The zero-order valence-corrected chi connectivity index (χ0v) is 14.1. The van der Waals surface area contributed by atoms with E-state index in [1.165, 1.54) is 5.56 Å². The largest absolute Gasteiger partial charge is 0.493 e. The summed E-state index contributed by atoms with van der Waals surface area (Å²) >= 11 is 0. The van der Waals surface area contributed by atoms with Crippen molar-refractivity contribution in [2.45, 2.75) is 13.8 Å². The van der Waals surface area contributed by atoms with Crippen LogP contribution in [0.3, 0.4) is 0 Å². The van der Waals surface area contributed by atoms with E-state index in [-0.39, 0.29) is 0 Å². The second-order valence-electron chi connectivity index (χ2n) is 5.62. The molecule has 3 aromatic rings. The molecule has 0 spiro atoms. The quantitative estimate of drug-likeness (QED) is 0.544. The number of aliphatic imine (C=N–C) groups is 1. The van der Waals surface area contributed by atoms with E-state index in [2.05, 4.69) is 42.2 Å². The van der Waals surface area contributed by atoms with Crippen molar-refractivity contribution in [3.63, 3.8) is 0 Å². The van der Waals surface area contributed by atoms with Crippen molar-refractivity contribution in [2.24, 2.45) is 4.99 Å². The van der Waals surface area contributed by atoms with Gasteiger partial charge in [0.25, 0.3) is 0 Å². The molecule has 2 heteroatoms. The van der Waals surface area contributed by atoms with Crippen LogP contribution in [0, 0.1) is 6.92 Å². The van der Waals surface area contributed by atoms with Gasteiger partial charge in [-0.3, -0.25) is 4.99 Å². The molecule has 0 atom stereocenters. The van der Waals surface area contributed by atoms with Crippen LogP contribution in [-0.4, -0.2) is 12.8 Å². The Bertz CT molecular complexity index is 820. The molecule has 3 rings (SSSR count). The Morgan fingerprint density at radius 1 is 0.875 bits per heavy atom. The van der Waals surface area contributed by atoms with Crippen LogP contribution in [0.25, 0.3) is 11.1 Å². The number of nitrogens with zero attached hydrogens (tertiary/aromatic N) is 1. The van der Waals surface area contributed by atoms with Gasteiger partial charge in [-0.25, -0.2) is 0 Å². The molecule has 0 amide bonds. The predicted molar refractivity (Wildman–Crippen MR) is 101 cm³/mol. The molecule has 0 aromatic heterocycles. The van der Waals surface area contributed by atoms with Gasteiger partial charge in [0.05, 0.1) is 12.3 Å². The molecule has 0 aliphatic carbocycles. The number of rotatable bonds is 5. The molecule has 0 bridgehead atoms. The van der Waals surface area contributed by atoms with Crippen molar-refractivity contribution < 1.29 is 4.74 Å². The first-order valence-electron chi connectivity index (χ1n) is 8.20. The van der Waals surface area contributed by atoms with Crippen molar-refractivity contribution in [2.75, 3.05) is 6.61 Å². The van der Waals surface area contributed by atoms with E-state index in [0.29, 0.717) is 6.61 Å². The minimum Gasteiger partial charge on any atom is -0.493 e. The summed E-state index contributed by atoms with van der Waals surface area (Å²) in [7, 11) is 0. The van der Waals surface area contributed by atoms with Gasteiger partial charge in [0.2, 0.25) is 0 Å². The first-order chi connectivity index (χ1) is 11.8. The molecule has 120 valence electrons. The van der Waals surface area contributed by atoms with Gasteiger partial charge in [-0.05, 0) is 37.6 Å². The monoisotopic (exact) mass is 315 g/mol. The molecule has 3 aromatic carbocycles. The average Bonchev–Trinajstić information content (AvgIpc) is 2.63. The van der Waals surface area contributed by atoms with Crippen LogP contribution < -0.4 is 4.74 Å². The first kappa shape index (κ1) is 16.0. The van der Waals surface area contributed by atoms with Crippen LogP contribution in [0.1, 0.15) is 18.1 Å². The Balaban J connectivity index is 1.99. The third-order valence-corrected chi connectivity index (χ3v) is 3.81. The minimum absolute atomic E-state index is 0.620. The van der Waals surface area contributed by atoms with Gasteiger partial charge in [0.15, 0.2) is 0 Å². The zero-order valence-electron chi connectivity index (χ0n) is 14.1. The molecular formula is C22H21NO. The second-order valence-corrected chi connectivity index (χ2v) is 5.62. The standard InChI is InChI=1S/C22H21NO/c1-3-24-22-19(16-23-20-14-12-17(2)13-15-20)10-7-11-21(22)18-8-5-4-6-9-18/h4-16H,3H2,1-2H3. The summed E-state index contributed by atoms with van der Waals surface area (Å²) in [5.74, 6) is 0.877. The second kappa shape index (κ2) is 7.60. The summed E-state index contributed by atoms with van der Waals surface area (Å²) in [4.78, 5) is 4.59. The van der Waals surface area contributed by atoms with E-state index in [0.717, 1.165) is 28.1 Å². The number of aryl methyl sites for hydroxylation is 1. The van der Waals surface area contributed by atoms with Crippen molar-refractivity contribution in [3.05, 3.63) is 83.9 Å². The highest BCUT2D eigenvalue weighted by molar-refractivity contribution is 5.90. The fourth-order valence-electron chi connectivity index (χ4n) is 2.58. The fourth-order valence-corrected chi connectivity index (χ4v) is 2.58. The Morgan fingerprint density at radius 2 is 1.62 bits per heavy atom. The predicted octanol–water partition coefficient (Wildman–Crippen LogP) is 5.81. The van der Waals surface area contributed by atoms with Crippen LogP contribution in [0.5, 0.6) is 5.75 Å². The van der Waals surface area contributed by atoms with Gasteiger partial charge in [0, 0.05) is 17.3 Å². The van der Waals surface area contributed by atoms with E-state index >= 15 is 0 Å². The molecule has 0 fully saturated rings. The third-order valence-electron chi connectivity index (χ3n) is 3.81. The molecule has 24 heavy (non-hydrogen) atoms. The molecule has 0 unspecified atom stereocenters. The minimum atomic E-state index is 0.620. The molecule has 0 radical (unpaired) electrons. The highest BCUT2D eigenvalue weighted by Crippen LogP contribution is 2.32. The molecular weight excluding hydrogens is 294 g/mol. The number of benzene rings is 3. The van der Waals surface area contributed by atoms with Crippen LogP contribution >= 0.6 is 0 Å². The summed E-state index contributed by atoms with van der Waals surface area (Å²) in [5, 5.41) is 0. The van der Waals surface area contributed by atoms with Gasteiger partial charge in [-0.15, -0.1) is 0 Å². The van der Waals surface area contributed by atoms with Crippen molar-refractivity contribution in [1.29, 1.82) is 0 Å². The van der Waals surface area contributed by atoms with Gasteiger partial charge in [0.1, 0.15) is 5.75 Å². The Kier molecular flexibility index (Phi) is 5.07. The average molecular weight is 315 g/mol. The Hall–Kier alpha value is -2.87. The topological polar surface area (TPSA) is 21.6 Å². The number of hydrogen-bond acceptors (Lipinski definition) is 2. The molecule has 0 saturated heterocycles. The van der Waals surface area contributed by atoms with E-state index in [1.54, 1.807) is 0 Å². The molecule has 0 aliphatic heterocycles. The molecule has 2 nitrogen and oxygen atoms in total. The Labute approximate surface area is 143 Å². The summed E-state index contributed by atoms with van der Waals surface area (Å²) < 4.78 is 5.94. The van der Waals surface area contributed by atoms with Crippen LogP contribution in [-0.2, 0) is 0 Å². The summed E-state index contributed by atoms with van der Waals surface area (Å²) in [6.45, 7) is 4.70. The number of ether oxygens (including phenoxy) is 1. The zero-order chi connectivity index (χ0) is 16.8. The van der Waals surface area contributed by atoms with Gasteiger partial charge >= 0.3 is 0 Å². The normalized spacial score (nSPS) is 10.9. The maximum atomic E-state index is 5.94. The number of para-hydroxylation sites is 1. The van der Waals surface area contributed by atoms with Crippen LogP contribution in [0.2, 0.25) is 0 Å². The van der Waals surface area contributed by atoms with E-state index < -0.39 is 0 Å². The maximum absolute atomic E-state index is 5.94. The maximum Gasteiger partial charge on any atom is 0.135 e. The Morgan fingerprint density at radius 3 is 2.33 bits per heavy atom. The fraction of sp³-hybridized carbons (Fsp3) is 0.136. The van der Waals surface area contributed by atoms with Crippen LogP contribution in [0.4, 0.5) is 5.69 Å². The van der Waals surface area contributed by atoms with Gasteiger partial charge in [-0.1, -0.05) is 60.2 Å². The lowest BCUT2D eigenvalue weighted by atomic mass is 10.0. The summed E-state index contributed by atoms with van der Waals surface area (Å²) in [6.07, 6.45) is 1.88. The smallest absolute Gasteiger partial charge is 0.135 e. The molecule has 0 N–H and O–H groups in total. The van der Waals surface area contributed by atoms with Crippen LogP contribution in [0.15, 0.2) is 77.8 Å².